The fraction of sp³-hybridized carbons (Fsp3) is 0.316. The Kier molecular flexibility index (Phi) is 5.21. The zero-order valence-corrected chi connectivity index (χ0v) is 13.7. The van der Waals surface area contributed by atoms with Crippen molar-refractivity contribution in [2.24, 2.45) is 0 Å². The Balaban J connectivity index is 1.55. The second kappa shape index (κ2) is 7.73. The molecule has 5 heteroatoms. The lowest BCUT2D eigenvalue weighted by molar-refractivity contribution is -0.116. The number of fused-ring (bicyclic) bond motifs is 1. The number of carbonyl (C=O) groups is 1. The van der Waals surface area contributed by atoms with Gasteiger partial charge in [0.15, 0.2) is 11.5 Å². The van der Waals surface area contributed by atoms with E-state index >= 15 is 0 Å². The molecule has 1 N–H and O–H groups in total. The van der Waals surface area contributed by atoms with Gasteiger partial charge in [-0.25, -0.2) is 0 Å². The van der Waals surface area contributed by atoms with Crippen LogP contribution in [0.5, 0.6) is 17.2 Å². The maximum atomic E-state index is 12.2. The molecule has 0 aliphatic carbocycles. The molecule has 0 bridgehead atoms. The predicted octanol–water partition coefficient (Wildman–Crippen LogP) is 3.43. The number of aryl methyl sites for hydroxylation is 1. The van der Waals surface area contributed by atoms with Crippen molar-refractivity contribution in [2.75, 3.05) is 25.1 Å². The van der Waals surface area contributed by atoms with Crippen LogP contribution in [0.4, 0.5) is 5.69 Å². The fourth-order valence-electron chi connectivity index (χ4n) is 2.56. The van der Waals surface area contributed by atoms with Gasteiger partial charge in [-0.2, -0.15) is 0 Å². The average molecular weight is 327 g/mol. The highest BCUT2D eigenvalue weighted by Gasteiger charge is 2.12. The van der Waals surface area contributed by atoms with E-state index in [0.717, 1.165) is 11.3 Å². The van der Waals surface area contributed by atoms with E-state index in [4.69, 9.17) is 14.2 Å². The Morgan fingerprint density at radius 1 is 1.12 bits per heavy atom. The Bertz CT molecular complexity index is 714. The zero-order valence-electron chi connectivity index (χ0n) is 13.7. The first kappa shape index (κ1) is 16.2. The molecule has 1 heterocycles. The second-order valence-corrected chi connectivity index (χ2v) is 5.49. The van der Waals surface area contributed by atoms with Crippen molar-refractivity contribution < 1.29 is 19.0 Å². The number of amides is 1. The summed E-state index contributed by atoms with van der Waals surface area (Å²) in [6, 6.07) is 13.3. The van der Waals surface area contributed by atoms with Crippen LogP contribution >= 0.6 is 0 Å². The summed E-state index contributed by atoms with van der Waals surface area (Å²) in [6.45, 7) is 3.67. The first-order valence-electron chi connectivity index (χ1n) is 8.16. The van der Waals surface area contributed by atoms with Gasteiger partial charge in [-0.15, -0.1) is 0 Å². The first-order chi connectivity index (χ1) is 11.7. The molecule has 3 rings (SSSR count). The van der Waals surface area contributed by atoms with Crippen LogP contribution in [0.25, 0.3) is 0 Å². The lowest BCUT2D eigenvalue weighted by Gasteiger charge is -2.19. The van der Waals surface area contributed by atoms with Gasteiger partial charge in [-0.3, -0.25) is 4.79 Å². The maximum Gasteiger partial charge on any atom is 0.224 e. The van der Waals surface area contributed by atoms with Crippen LogP contribution in [0.3, 0.4) is 0 Å². The summed E-state index contributed by atoms with van der Waals surface area (Å²) in [5, 5.41) is 2.90. The Labute approximate surface area is 141 Å². The molecule has 24 heavy (non-hydrogen) atoms. The minimum Gasteiger partial charge on any atom is -0.494 e. The summed E-state index contributed by atoms with van der Waals surface area (Å²) in [5.74, 6) is 2.19. The number of anilines is 1. The third kappa shape index (κ3) is 4.19. The van der Waals surface area contributed by atoms with E-state index in [1.165, 1.54) is 0 Å². The van der Waals surface area contributed by atoms with E-state index in [9.17, 15) is 4.79 Å². The highest BCUT2D eigenvalue weighted by Crippen LogP contribution is 2.32. The number of carbonyl (C=O) groups excluding carboxylic acids is 1. The van der Waals surface area contributed by atoms with Gasteiger partial charge in [0.2, 0.25) is 5.91 Å². The largest absolute Gasteiger partial charge is 0.494 e. The average Bonchev–Trinajstić information content (AvgIpc) is 2.61. The standard InChI is InChI=1S/C19H21NO4/c1-2-22-16-5-3-4-14(12-16)6-9-19(21)20-15-7-8-17-18(13-15)24-11-10-23-17/h3-5,7-8,12-13H,2,6,9-11H2,1H3,(H,20,21). The van der Waals surface area contributed by atoms with Gasteiger partial charge in [0.1, 0.15) is 19.0 Å². The van der Waals surface area contributed by atoms with Crippen molar-refractivity contribution in [3.63, 3.8) is 0 Å². The molecule has 1 aliphatic heterocycles. The molecule has 0 saturated heterocycles. The lowest BCUT2D eigenvalue weighted by atomic mass is 10.1. The summed E-state index contributed by atoms with van der Waals surface area (Å²) in [5.41, 5.74) is 1.80. The Morgan fingerprint density at radius 2 is 1.96 bits per heavy atom. The lowest BCUT2D eigenvalue weighted by Crippen LogP contribution is -2.16. The van der Waals surface area contributed by atoms with Crippen LogP contribution in [0.15, 0.2) is 42.5 Å². The smallest absolute Gasteiger partial charge is 0.224 e. The molecule has 2 aromatic rings. The minimum absolute atomic E-state index is 0.0338. The maximum absolute atomic E-state index is 12.2. The number of hydrogen-bond donors (Lipinski definition) is 1. The molecule has 0 spiro atoms. The zero-order chi connectivity index (χ0) is 16.8. The number of rotatable bonds is 6. The van der Waals surface area contributed by atoms with Gasteiger partial charge >= 0.3 is 0 Å². The van der Waals surface area contributed by atoms with Crippen LogP contribution in [0.1, 0.15) is 18.9 Å². The Morgan fingerprint density at radius 3 is 2.79 bits per heavy atom. The summed E-state index contributed by atoms with van der Waals surface area (Å²) in [4.78, 5) is 12.2. The molecule has 126 valence electrons. The Hall–Kier alpha value is -2.69. The normalized spacial score (nSPS) is 12.5. The van der Waals surface area contributed by atoms with Gasteiger partial charge in [0, 0.05) is 18.2 Å². The number of hydrogen-bond acceptors (Lipinski definition) is 4. The van der Waals surface area contributed by atoms with E-state index in [0.29, 0.717) is 49.8 Å². The first-order valence-corrected chi connectivity index (χ1v) is 8.16. The van der Waals surface area contributed by atoms with Gasteiger partial charge in [-0.05, 0) is 43.2 Å². The third-order valence-electron chi connectivity index (χ3n) is 3.68. The van der Waals surface area contributed by atoms with Gasteiger partial charge in [0.05, 0.1) is 6.61 Å². The topological polar surface area (TPSA) is 56.8 Å². The van der Waals surface area contributed by atoms with Crippen LogP contribution in [-0.4, -0.2) is 25.7 Å². The summed E-state index contributed by atoms with van der Waals surface area (Å²) in [7, 11) is 0. The van der Waals surface area contributed by atoms with Crippen molar-refractivity contribution in [3.8, 4) is 17.2 Å². The van der Waals surface area contributed by atoms with Crippen molar-refractivity contribution in [1.82, 2.24) is 0 Å². The molecule has 0 fully saturated rings. The van der Waals surface area contributed by atoms with Crippen LogP contribution in [-0.2, 0) is 11.2 Å². The SMILES string of the molecule is CCOc1cccc(CCC(=O)Nc2ccc3c(c2)OCCO3)c1. The highest BCUT2D eigenvalue weighted by atomic mass is 16.6. The summed E-state index contributed by atoms with van der Waals surface area (Å²) in [6.07, 6.45) is 1.07. The molecule has 2 aromatic carbocycles. The molecule has 1 amide bonds. The van der Waals surface area contributed by atoms with E-state index in [1.54, 1.807) is 6.07 Å². The monoisotopic (exact) mass is 327 g/mol. The van der Waals surface area contributed by atoms with E-state index in [2.05, 4.69) is 5.32 Å². The molecule has 0 aromatic heterocycles. The third-order valence-corrected chi connectivity index (χ3v) is 3.68. The summed E-state index contributed by atoms with van der Waals surface area (Å²) >= 11 is 0. The van der Waals surface area contributed by atoms with Crippen LogP contribution in [0, 0.1) is 0 Å². The molecular formula is C19H21NO4. The van der Waals surface area contributed by atoms with Crippen LogP contribution in [0.2, 0.25) is 0 Å². The molecule has 1 aliphatic rings. The molecule has 0 saturated carbocycles. The molecular weight excluding hydrogens is 306 g/mol. The molecule has 0 unspecified atom stereocenters. The van der Waals surface area contributed by atoms with Crippen molar-refractivity contribution in [3.05, 3.63) is 48.0 Å². The van der Waals surface area contributed by atoms with E-state index < -0.39 is 0 Å². The summed E-state index contributed by atoms with van der Waals surface area (Å²) < 4.78 is 16.5. The second-order valence-electron chi connectivity index (χ2n) is 5.49. The van der Waals surface area contributed by atoms with Gasteiger partial charge in [-0.1, -0.05) is 12.1 Å². The highest BCUT2D eigenvalue weighted by molar-refractivity contribution is 5.91. The van der Waals surface area contributed by atoms with Gasteiger partial charge < -0.3 is 19.5 Å². The van der Waals surface area contributed by atoms with Crippen molar-refractivity contribution in [2.45, 2.75) is 19.8 Å². The fourth-order valence-corrected chi connectivity index (χ4v) is 2.56. The van der Waals surface area contributed by atoms with Gasteiger partial charge in [0.25, 0.3) is 0 Å². The minimum atomic E-state index is -0.0338. The van der Waals surface area contributed by atoms with E-state index in [1.807, 2.05) is 43.3 Å². The predicted molar refractivity (Wildman–Crippen MR) is 92.0 cm³/mol. The number of ether oxygens (including phenoxy) is 3. The quantitative estimate of drug-likeness (QED) is 0.883. The van der Waals surface area contributed by atoms with Crippen LogP contribution < -0.4 is 19.5 Å². The molecule has 0 atom stereocenters. The van der Waals surface area contributed by atoms with Crippen molar-refractivity contribution in [1.29, 1.82) is 0 Å². The molecule has 0 radical (unpaired) electrons. The number of benzene rings is 2. The number of nitrogens with one attached hydrogen (secondary N) is 1. The van der Waals surface area contributed by atoms with Crippen molar-refractivity contribution >= 4 is 11.6 Å². The molecule has 5 nitrogen and oxygen atoms in total. The van der Waals surface area contributed by atoms with E-state index in [-0.39, 0.29) is 5.91 Å².